The minimum Gasteiger partial charge on any atom is -0.298 e. The van der Waals surface area contributed by atoms with Gasteiger partial charge >= 0.3 is 0 Å². The predicted molar refractivity (Wildman–Crippen MR) is 91.3 cm³/mol. The average molecular weight is 344 g/mol. The van der Waals surface area contributed by atoms with Gasteiger partial charge in [0, 0.05) is 22.6 Å². The van der Waals surface area contributed by atoms with Gasteiger partial charge in [-0.15, -0.1) is 11.3 Å². The number of rotatable bonds is 3. The molecule has 2 aromatic carbocycles. The van der Waals surface area contributed by atoms with Gasteiger partial charge in [0.25, 0.3) is 5.91 Å². The van der Waals surface area contributed by atoms with E-state index in [1.165, 1.54) is 16.9 Å². The molecule has 3 aromatic rings. The van der Waals surface area contributed by atoms with E-state index in [1.54, 1.807) is 0 Å². The fraction of sp³-hybridized carbons (Fsp3) is 0.111. The quantitative estimate of drug-likeness (QED) is 0.730. The van der Waals surface area contributed by atoms with Crippen LogP contribution in [-0.2, 0) is 0 Å². The summed E-state index contributed by atoms with van der Waals surface area (Å²) in [6.07, 6.45) is 0. The topological polar surface area (TPSA) is 42.0 Å². The number of thiazole rings is 1. The maximum Gasteiger partial charge on any atom is 0.257 e. The third-order valence-electron chi connectivity index (χ3n) is 3.65. The van der Waals surface area contributed by atoms with Crippen molar-refractivity contribution < 1.29 is 13.6 Å². The molecule has 0 saturated carbocycles. The Morgan fingerprint density at radius 2 is 1.75 bits per heavy atom. The zero-order valence-corrected chi connectivity index (χ0v) is 13.9. The molecule has 1 amide bonds. The van der Waals surface area contributed by atoms with Crippen molar-refractivity contribution in [2.75, 3.05) is 5.32 Å². The lowest BCUT2D eigenvalue weighted by Crippen LogP contribution is -2.12. The first-order valence-electron chi connectivity index (χ1n) is 7.23. The highest BCUT2D eigenvalue weighted by molar-refractivity contribution is 7.14. The zero-order valence-electron chi connectivity index (χ0n) is 13.1. The molecule has 122 valence electrons. The molecule has 0 saturated heterocycles. The van der Waals surface area contributed by atoms with Gasteiger partial charge in [-0.05, 0) is 43.2 Å². The Morgan fingerprint density at radius 3 is 2.42 bits per heavy atom. The lowest BCUT2D eigenvalue weighted by atomic mass is 10.1. The minimum atomic E-state index is -0.796. The third kappa shape index (κ3) is 3.49. The van der Waals surface area contributed by atoms with E-state index in [-0.39, 0.29) is 5.56 Å². The number of hydrogen-bond donors (Lipinski definition) is 1. The van der Waals surface area contributed by atoms with Crippen LogP contribution in [0.15, 0.2) is 41.8 Å². The monoisotopic (exact) mass is 344 g/mol. The van der Waals surface area contributed by atoms with Crippen LogP contribution in [0.5, 0.6) is 0 Å². The second-order valence-corrected chi connectivity index (χ2v) is 6.31. The second kappa shape index (κ2) is 6.49. The highest BCUT2D eigenvalue weighted by atomic mass is 32.1. The van der Waals surface area contributed by atoms with E-state index < -0.39 is 17.5 Å². The molecule has 0 fully saturated rings. The van der Waals surface area contributed by atoms with Gasteiger partial charge in [-0.25, -0.2) is 13.8 Å². The Bertz CT molecular complexity index is 901. The van der Waals surface area contributed by atoms with E-state index in [1.807, 2.05) is 37.4 Å². The van der Waals surface area contributed by atoms with Crippen LogP contribution >= 0.6 is 11.3 Å². The van der Waals surface area contributed by atoms with Gasteiger partial charge < -0.3 is 0 Å². The predicted octanol–water partition coefficient (Wildman–Crippen LogP) is 4.96. The van der Waals surface area contributed by atoms with E-state index in [0.29, 0.717) is 5.13 Å². The Labute approximate surface area is 142 Å². The lowest BCUT2D eigenvalue weighted by Gasteiger charge is -2.03. The highest BCUT2D eigenvalue weighted by Gasteiger charge is 2.12. The van der Waals surface area contributed by atoms with Crippen molar-refractivity contribution in [1.82, 2.24) is 4.98 Å². The van der Waals surface area contributed by atoms with Gasteiger partial charge in [-0.3, -0.25) is 10.1 Å². The van der Waals surface area contributed by atoms with Crippen LogP contribution in [0.4, 0.5) is 13.9 Å². The Balaban J connectivity index is 1.80. The van der Waals surface area contributed by atoms with Crippen LogP contribution in [0.25, 0.3) is 11.3 Å². The van der Waals surface area contributed by atoms with Crippen LogP contribution in [0, 0.1) is 25.5 Å². The van der Waals surface area contributed by atoms with E-state index in [2.05, 4.69) is 10.3 Å². The number of carbonyl (C=O) groups excluding carboxylic acids is 1. The van der Waals surface area contributed by atoms with Crippen LogP contribution in [0.3, 0.4) is 0 Å². The van der Waals surface area contributed by atoms with E-state index in [4.69, 9.17) is 0 Å². The Morgan fingerprint density at radius 1 is 1.04 bits per heavy atom. The van der Waals surface area contributed by atoms with Crippen LogP contribution in [0.2, 0.25) is 0 Å². The molecule has 1 N–H and O–H groups in total. The molecule has 0 bridgehead atoms. The summed E-state index contributed by atoms with van der Waals surface area (Å²) < 4.78 is 26.4. The summed E-state index contributed by atoms with van der Waals surface area (Å²) in [4.78, 5) is 16.4. The average Bonchev–Trinajstić information content (AvgIpc) is 2.97. The van der Waals surface area contributed by atoms with Gasteiger partial charge in [-0.1, -0.05) is 12.1 Å². The van der Waals surface area contributed by atoms with Crippen molar-refractivity contribution in [2.24, 2.45) is 0 Å². The summed E-state index contributed by atoms with van der Waals surface area (Å²) in [6, 6.07) is 8.69. The summed E-state index contributed by atoms with van der Waals surface area (Å²) in [5, 5.41) is 4.76. The van der Waals surface area contributed by atoms with Crippen LogP contribution in [-0.4, -0.2) is 10.9 Å². The van der Waals surface area contributed by atoms with Gasteiger partial charge in [0.05, 0.1) is 5.69 Å². The lowest BCUT2D eigenvalue weighted by molar-refractivity contribution is 0.102. The van der Waals surface area contributed by atoms with E-state index in [9.17, 15) is 13.6 Å². The summed E-state index contributed by atoms with van der Waals surface area (Å²) in [6.45, 7) is 4.05. The zero-order chi connectivity index (χ0) is 17.3. The molecule has 24 heavy (non-hydrogen) atoms. The van der Waals surface area contributed by atoms with Gasteiger partial charge in [0.2, 0.25) is 0 Å². The van der Waals surface area contributed by atoms with E-state index >= 15 is 0 Å². The standard InChI is InChI=1S/C18H14F2N2OS/c1-10-3-4-12(5-11(10)2)16-9-24-18(21-16)22-17(23)13-6-14(19)8-15(20)7-13/h3-9H,1-2H3,(H,21,22,23). The normalized spacial score (nSPS) is 10.7. The number of hydrogen-bond acceptors (Lipinski definition) is 3. The Hall–Kier alpha value is -2.60. The maximum atomic E-state index is 13.2. The number of benzene rings is 2. The number of aryl methyl sites for hydroxylation is 2. The number of aromatic nitrogens is 1. The first kappa shape index (κ1) is 16.3. The second-order valence-electron chi connectivity index (χ2n) is 5.45. The van der Waals surface area contributed by atoms with Gasteiger partial charge in [0.15, 0.2) is 5.13 Å². The molecule has 0 atom stereocenters. The van der Waals surface area contributed by atoms with Gasteiger partial charge in [0.1, 0.15) is 11.6 Å². The van der Waals surface area contributed by atoms with Crippen LogP contribution < -0.4 is 5.32 Å². The smallest absolute Gasteiger partial charge is 0.257 e. The SMILES string of the molecule is Cc1ccc(-c2csc(NC(=O)c3cc(F)cc(F)c3)n2)cc1C. The molecule has 1 heterocycles. The summed E-state index contributed by atoms with van der Waals surface area (Å²) >= 11 is 1.26. The number of nitrogens with zero attached hydrogens (tertiary/aromatic N) is 1. The van der Waals surface area contributed by atoms with Crippen molar-refractivity contribution in [3.05, 3.63) is 70.1 Å². The molecule has 0 aliphatic heterocycles. The largest absolute Gasteiger partial charge is 0.298 e. The molecule has 3 rings (SSSR count). The molecule has 0 unspecified atom stereocenters. The molecule has 0 aliphatic rings. The number of nitrogens with one attached hydrogen (secondary N) is 1. The molecular weight excluding hydrogens is 330 g/mol. The molecule has 0 radical (unpaired) electrons. The van der Waals surface area contributed by atoms with Crippen molar-refractivity contribution >= 4 is 22.4 Å². The summed E-state index contributed by atoms with van der Waals surface area (Å²) in [7, 11) is 0. The van der Waals surface area contributed by atoms with Crippen molar-refractivity contribution in [3.63, 3.8) is 0 Å². The maximum absolute atomic E-state index is 13.2. The van der Waals surface area contributed by atoms with E-state index in [0.717, 1.165) is 35.0 Å². The van der Waals surface area contributed by atoms with Crippen LogP contribution in [0.1, 0.15) is 21.5 Å². The summed E-state index contributed by atoms with van der Waals surface area (Å²) in [5.41, 5.74) is 3.95. The number of amides is 1. The first-order valence-corrected chi connectivity index (χ1v) is 8.11. The van der Waals surface area contributed by atoms with Crippen molar-refractivity contribution in [1.29, 1.82) is 0 Å². The third-order valence-corrected chi connectivity index (χ3v) is 4.41. The fourth-order valence-electron chi connectivity index (χ4n) is 2.22. The fourth-order valence-corrected chi connectivity index (χ4v) is 2.93. The number of carbonyl (C=O) groups is 1. The molecule has 6 heteroatoms. The molecule has 3 nitrogen and oxygen atoms in total. The highest BCUT2D eigenvalue weighted by Crippen LogP contribution is 2.26. The Kier molecular flexibility index (Phi) is 4.40. The van der Waals surface area contributed by atoms with Gasteiger partial charge in [-0.2, -0.15) is 0 Å². The molecule has 1 aromatic heterocycles. The number of anilines is 1. The van der Waals surface area contributed by atoms with Crippen molar-refractivity contribution in [2.45, 2.75) is 13.8 Å². The molecule has 0 spiro atoms. The number of halogens is 2. The molecule has 0 aliphatic carbocycles. The summed E-state index contributed by atoms with van der Waals surface area (Å²) in [5.74, 6) is -2.19. The molecular formula is C18H14F2N2OS. The van der Waals surface area contributed by atoms with Crippen molar-refractivity contribution in [3.8, 4) is 11.3 Å². The minimum absolute atomic E-state index is 0.0876. The first-order chi connectivity index (χ1) is 11.4.